The van der Waals surface area contributed by atoms with Crippen LogP contribution in [-0.2, 0) is 21.7 Å². The van der Waals surface area contributed by atoms with Gasteiger partial charge < -0.3 is 19.9 Å². The molecule has 6 aromatic heterocycles. The van der Waals surface area contributed by atoms with E-state index in [4.69, 9.17) is 19.9 Å². The third-order valence-electron chi connectivity index (χ3n) is 23.9. The van der Waals surface area contributed by atoms with Gasteiger partial charge in [0, 0.05) is 44.3 Å². The fourth-order valence-corrected chi connectivity index (χ4v) is 15.6. The molecule has 0 unspecified atom stereocenters. The van der Waals surface area contributed by atoms with Crippen molar-refractivity contribution in [2.75, 3.05) is 0 Å². The van der Waals surface area contributed by atoms with Gasteiger partial charge in [0.25, 0.3) is 0 Å². The summed E-state index contributed by atoms with van der Waals surface area (Å²) in [5, 5.41) is 2.26. The Balaban J connectivity index is 1.02. The van der Waals surface area contributed by atoms with Crippen LogP contribution in [0.25, 0.3) is 144 Å². The Kier molecular flexibility index (Phi) is 16.3. The van der Waals surface area contributed by atoms with E-state index in [1.165, 1.54) is 100 Å². The van der Waals surface area contributed by atoms with Gasteiger partial charge in [-0.15, -0.1) is 0 Å². The van der Waals surface area contributed by atoms with Crippen molar-refractivity contribution in [1.82, 2.24) is 39.9 Å². The zero-order valence-electron chi connectivity index (χ0n) is 66.0. The SMILES string of the molecule is CC1=C(C)c2nc1cc1[nH]c(c(C)c1C)c(-c1cc(C(C)(C)C)cc(C(C)(C)C)c1)c1nc(cc3[nH]c(c(C)c3C)c2-c2ccc3ccc(-c4c5nc(cc6[nH]c(c(C)c6C)c(-c6cc(C(C)(C)C)cc(C(C)(C)C)c6)c6nc(cc7[nH]c4c(C)c7C)C(C)=C6C)C(C)=C5C)cc3c2)C(C)=C1C. The van der Waals surface area contributed by atoms with Gasteiger partial charge in [-0.2, -0.15) is 0 Å². The van der Waals surface area contributed by atoms with Gasteiger partial charge in [0.2, 0.25) is 0 Å². The van der Waals surface area contributed by atoms with Crippen molar-refractivity contribution in [3.05, 3.63) is 209 Å². The molecule has 16 bridgehead atoms. The van der Waals surface area contributed by atoms with Crippen LogP contribution in [-0.4, -0.2) is 39.9 Å². The fourth-order valence-electron chi connectivity index (χ4n) is 15.6. The molecule has 0 spiro atoms. The molecule has 0 saturated heterocycles. The first kappa shape index (κ1) is 69.4. The molecule has 8 nitrogen and oxygen atoms in total. The first-order valence-electron chi connectivity index (χ1n) is 36.8. The summed E-state index contributed by atoms with van der Waals surface area (Å²) in [4.78, 5) is 39.3. The Bertz CT molecular complexity index is 5470. The van der Waals surface area contributed by atoms with Crippen LogP contribution in [0.2, 0.25) is 0 Å². The Morgan fingerprint density at radius 1 is 0.225 bits per heavy atom. The van der Waals surface area contributed by atoms with E-state index in [9.17, 15) is 0 Å². The minimum Gasteiger partial charge on any atom is -0.354 e. The molecule has 10 heterocycles. The number of aryl methyl sites for hydroxylation is 8. The van der Waals surface area contributed by atoms with Crippen LogP contribution in [0.1, 0.15) is 251 Å². The number of benzene rings is 4. The van der Waals surface area contributed by atoms with Crippen LogP contribution in [0.4, 0.5) is 0 Å². The van der Waals surface area contributed by atoms with Crippen molar-refractivity contribution in [3.8, 4) is 44.5 Å². The lowest BCUT2D eigenvalue weighted by Crippen LogP contribution is -2.16. The second kappa shape index (κ2) is 24.0. The van der Waals surface area contributed by atoms with Gasteiger partial charge in [0.05, 0.1) is 67.6 Å². The van der Waals surface area contributed by atoms with E-state index in [0.29, 0.717) is 0 Å². The van der Waals surface area contributed by atoms with Crippen molar-refractivity contribution >= 4 is 99.5 Å². The third kappa shape index (κ3) is 11.3. The molecule has 4 aliphatic heterocycles. The number of allylic oxidation sites excluding steroid dienone is 8. The molecule has 0 aliphatic carbocycles. The van der Waals surface area contributed by atoms with Gasteiger partial charge in [-0.05, 0) is 313 Å². The molecule has 0 amide bonds. The van der Waals surface area contributed by atoms with Crippen molar-refractivity contribution in [1.29, 1.82) is 0 Å². The average Bonchev–Trinajstić information content (AvgIpc) is 1.59. The summed E-state index contributed by atoms with van der Waals surface area (Å²) in [6, 6.07) is 37.6. The smallest absolute Gasteiger partial charge is 0.0768 e. The lowest BCUT2D eigenvalue weighted by Gasteiger charge is -2.26. The fraction of sp³-hybridized carbons (Fsp3) is 0.340. The molecule has 0 atom stereocenters. The highest BCUT2D eigenvalue weighted by molar-refractivity contribution is 6.07. The molecule has 8 heteroatoms. The summed E-state index contributed by atoms with van der Waals surface area (Å²) >= 11 is 0. The van der Waals surface area contributed by atoms with Gasteiger partial charge in [0.1, 0.15) is 0 Å². The first-order valence-corrected chi connectivity index (χ1v) is 36.8. The van der Waals surface area contributed by atoms with Crippen molar-refractivity contribution < 1.29 is 0 Å². The summed E-state index contributed by atoms with van der Waals surface area (Å²) in [5.41, 5.74) is 48.7. The van der Waals surface area contributed by atoms with Gasteiger partial charge >= 0.3 is 0 Å². The van der Waals surface area contributed by atoms with E-state index in [0.717, 1.165) is 156 Å². The van der Waals surface area contributed by atoms with Crippen molar-refractivity contribution in [3.63, 3.8) is 0 Å². The quantitative estimate of drug-likeness (QED) is 0.141. The monoisotopic (exact) mass is 1340 g/mol. The maximum Gasteiger partial charge on any atom is 0.0768 e. The number of rotatable bonds is 4. The molecule has 0 radical (unpaired) electrons. The van der Waals surface area contributed by atoms with E-state index in [-0.39, 0.29) is 21.7 Å². The number of H-pyrrole nitrogens is 4. The number of nitrogens with one attached hydrogen (secondary N) is 4. The zero-order chi connectivity index (χ0) is 73.5. The van der Waals surface area contributed by atoms with Gasteiger partial charge in [-0.3, -0.25) is 0 Å². The Morgan fingerprint density at radius 2 is 0.451 bits per heavy atom. The highest BCUT2D eigenvalue weighted by atomic mass is 14.8. The molecule has 4 aliphatic rings. The second-order valence-corrected chi connectivity index (χ2v) is 34.5. The lowest BCUT2D eigenvalue weighted by molar-refractivity contribution is 0.568. The summed E-state index contributed by atoms with van der Waals surface area (Å²) in [5.74, 6) is 0. The van der Waals surface area contributed by atoms with Crippen LogP contribution < -0.4 is 0 Å². The van der Waals surface area contributed by atoms with Gasteiger partial charge in [0.15, 0.2) is 0 Å². The number of hydrogen-bond donors (Lipinski definition) is 4. The molecule has 4 N–H and O–H groups in total. The Labute approximate surface area is 605 Å². The number of nitrogens with zero attached hydrogens (tertiary/aromatic N) is 4. The molecule has 14 rings (SSSR count). The lowest BCUT2D eigenvalue weighted by atomic mass is 9.78. The van der Waals surface area contributed by atoms with Crippen molar-refractivity contribution in [2.24, 2.45) is 0 Å². The number of aromatic amines is 4. The Hall–Kier alpha value is -9.66. The number of hydrogen-bond acceptors (Lipinski definition) is 4. The van der Waals surface area contributed by atoms with Crippen LogP contribution in [0.3, 0.4) is 0 Å². The predicted octanol–water partition coefficient (Wildman–Crippen LogP) is 26.2. The topological polar surface area (TPSA) is 115 Å². The van der Waals surface area contributed by atoms with E-state index in [1.807, 2.05) is 0 Å². The Morgan fingerprint density at radius 3 is 0.676 bits per heavy atom. The molecule has 4 aromatic carbocycles. The molecule has 520 valence electrons. The maximum absolute atomic E-state index is 5.77. The molecular formula is C94H104N8. The van der Waals surface area contributed by atoms with E-state index < -0.39 is 0 Å². The molecule has 0 saturated carbocycles. The summed E-state index contributed by atoms with van der Waals surface area (Å²) in [7, 11) is 0. The summed E-state index contributed by atoms with van der Waals surface area (Å²) in [6.07, 6.45) is 0. The van der Waals surface area contributed by atoms with Gasteiger partial charge in [-0.1, -0.05) is 144 Å². The first-order chi connectivity index (χ1) is 47.7. The summed E-state index contributed by atoms with van der Waals surface area (Å²) in [6.45, 7) is 63.9. The minimum absolute atomic E-state index is 0.0763. The van der Waals surface area contributed by atoms with Crippen LogP contribution in [0.5, 0.6) is 0 Å². The van der Waals surface area contributed by atoms with Crippen LogP contribution in [0.15, 0.2) is 97.1 Å². The van der Waals surface area contributed by atoms with Crippen LogP contribution in [0, 0.1) is 55.4 Å². The summed E-state index contributed by atoms with van der Waals surface area (Å²) < 4.78 is 0. The highest BCUT2D eigenvalue weighted by Gasteiger charge is 2.31. The largest absolute Gasteiger partial charge is 0.354 e. The molecule has 102 heavy (non-hydrogen) atoms. The zero-order valence-corrected chi connectivity index (χ0v) is 66.0. The number of fused-ring (bicyclic) bond motifs is 17. The minimum atomic E-state index is -0.0763. The van der Waals surface area contributed by atoms with E-state index in [2.05, 4.69) is 311 Å². The van der Waals surface area contributed by atoms with Crippen molar-refractivity contribution in [2.45, 2.75) is 216 Å². The average molecular weight is 1350 g/mol. The standard InChI is InChI=1S/C94H104N8/c1-45-53(9)83-79(84-54(10)46(2)72(96-84)42-76-50(6)58(14)88(100-76)81(87-57(13)49(5)75(99-87)41-71(45)95-83)65-35-67(91(17,18)19)39-68(36-65)92(20,21)22)62-31-29-61-30-32-63(34-64(61)33-62)80-85-55(11)47(3)73(97-85)43-77-51(7)59(15)89(101-77)82(66-37-69(93(23,24)25)40-70(38-66)94(26,27)28)90-60(16)52(8)78(102-90)44-74-48(4)56(12)86(80)98-74/h29-44,95,97,100,102H,1-28H3. The number of aromatic nitrogens is 8. The highest BCUT2D eigenvalue weighted by Crippen LogP contribution is 2.48. The normalized spacial score (nSPS) is 14.1. The maximum atomic E-state index is 5.77. The van der Waals surface area contributed by atoms with Crippen LogP contribution >= 0.6 is 0 Å². The second-order valence-electron chi connectivity index (χ2n) is 34.5. The third-order valence-corrected chi connectivity index (χ3v) is 23.9. The molecule has 10 aromatic rings. The van der Waals surface area contributed by atoms with Gasteiger partial charge in [-0.25, -0.2) is 19.9 Å². The molecule has 0 fully saturated rings. The van der Waals surface area contributed by atoms with E-state index in [1.54, 1.807) is 0 Å². The van der Waals surface area contributed by atoms with E-state index >= 15 is 0 Å². The molecular weight excluding hydrogens is 1240 g/mol. The predicted molar refractivity (Wildman–Crippen MR) is 440 cm³/mol.